The smallest absolute Gasteiger partial charge is 0.242 e. The van der Waals surface area contributed by atoms with Gasteiger partial charge in [-0.15, -0.1) is 0 Å². The molecule has 0 aliphatic carbocycles. The van der Waals surface area contributed by atoms with Gasteiger partial charge in [-0.3, -0.25) is 19.3 Å². The van der Waals surface area contributed by atoms with Crippen molar-refractivity contribution in [2.45, 2.75) is 17.7 Å². The zero-order valence-corrected chi connectivity index (χ0v) is 17.5. The molecule has 154 valence electrons. The largest absolute Gasteiger partial charge is 0.345 e. The lowest BCUT2D eigenvalue weighted by Crippen LogP contribution is -2.51. The minimum absolute atomic E-state index is 0.174. The number of likely N-dealkylation sites (tertiary alicyclic amines) is 1. The van der Waals surface area contributed by atoms with Gasteiger partial charge in [0.25, 0.3) is 0 Å². The van der Waals surface area contributed by atoms with Gasteiger partial charge in [0.1, 0.15) is 12.1 Å². The van der Waals surface area contributed by atoms with Crippen LogP contribution in [0, 0.1) is 0 Å². The summed E-state index contributed by atoms with van der Waals surface area (Å²) in [6.45, 7) is 1.79. The molecule has 3 amide bonds. The van der Waals surface area contributed by atoms with E-state index in [0.29, 0.717) is 36.8 Å². The second kappa shape index (κ2) is 7.38. The molecule has 2 saturated heterocycles. The van der Waals surface area contributed by atoms with E-state index >= 15 is 0 Å². The third kappa shape index (κ3) is 3.84. The fourth-order valence-corrected chi connectivity index (χ4v) is 5.47. The van der Waals surface area contributed by atoms with Crippen molar-refractivity contribution in [2.24, 2.45) is 0 Å². The summed E-state index contributed by atoms with van der Waals surface area (Å²) in [6.07, 6.45) is 1.51. The molecule has 29 heavy (non-hydrogen) atoms. The molecular weight excluding hydrogens is 416 g/mol. The van der Waals surface area contributed by atoms with Crippen LogP contribution in [-0.2, 0) is 24.2 Å². The molecule has 3 heterocycles. The summed E-state index contributed by atoms with van der Waals surface area (Å²) in [6, 6.07) is 5.10. The maximum absolute atomic E-state index is 12.5. The summed E-state index contributed by atoms with van der Waals surface area (Å²) < 4.78 is 24.8. The number of hydrogen-bond acceptors (Lipinski definition) is 8. The molecule has 0 bridgehead atoms. The van der Waals surface area contributed by atoms with Gasteiger partial charge in [-0.25, -0.2) is 13.4 Å². The number of anilines is 1. The lowest BCUT2D eigenvalue weighted by atomic mass is 10.3. The Morgan fingerprint density at radius 3 is 2.38 bits per heavy atom. The van der Waals surface area contributed by atoms with Crippen molar-refractivity contribution >= 4 is 54.2 Å². The van der Waals surface area contributed by atoms with E-state index in [4.69, 9.17) is 0 Å². The summed E-state index contributed by atoms with van der Waals surface area (Å²) in [5, 5.41) is 0.716. The highest BCUT2D eigenvalue weighted by molar-refractivity contribution is 7.91. The van der Waals surface area contributed by atoms with Crippen molar-refractivity contribution < 1.29 is 22.8 Å². The monoisotopic (exact) mass is 436 g/mol. The molecular formula is C18H20N4O5S2. The van der Waals surface area contributed by atoms with Gasteiger partial charge < -0.3 is 9.80 Å². The number of nitrogens with zero attached hydrogens (tertiary/aromatic N) is 4. The summed E-state index contributed by atoms with van der Waals surface area (Å²) in [5.74, 6) is -0.826. The van der Waals surface area contributed by atoms with Gasteiger partial charge in [0.05, 0.1) is 9.60 Å². The number of aromatic nitrogens is 1. The first-order chi connectivity index (χ1) is 13.7. The van der Waals surface area contributed by atoms with Crippen LogP contribution in [0.2, 0.25) is 0 Å². The summed E-state index contributed by atoms with van der Waals surface area (Å²) in [7, 11) is -3.37. The number of para-hydroxylation sites is 1. The van der Waals surface area contributed by atoms with Crippen LogP contribution >= 0.6 is 11.3 Å². The highest BCUT2D eigenvalue weighted by Crippen LogP contribution is 2.33. The van der Waals surface area contributed by atoms with Crippen molar-refractivity contribution in [1.82, 2.24) is 14.8 Å². The van der Waals surface area contributed by atoms with Gasteiger partial charge in [-0.1, -0.05) is 17.4 Å². The van der Waals surface area contributed by atoms with Crippen LogP contribution in [0.5, 0.6) is 0 Å². The second-order valence-corrected chi connectivity index (χ2v) is 10.1. The number of carbonyl (C=O) groups is 3. The number of amides is 3. The van der Waals surface area contributed by atoms with E-state index < -0.39 is 9.84 Å². The lowest BCUT2D eigenvalue weighted by Gasteiger charge is -2.35. The fraction of sp³-hybridized carbons (Fsp3) is 0.444. The number of piperazine rings is 1. The van der Waals surface area contributed by atoms with Crippen LogP contribution in [0.3, 0.4) is 0 Å². The molecule has 1 aromatic heterocycles. The Bertz CT molecular complexity index is 1090. The molecule has 2 aromatic rings. The molecule has 1 aromatic carbocycles. The molecule has 4 rings (SSSR count). The molecule has 9 nitrogen and oxygen atoms in total. The van der Waals surface area contributed by atoms with E-state index in [0.717, 1.165) is 9.60 Å². The fourth-order valence-electron chi connectivity index (χ4n) is 3.53. The van der Waals surface area contributed by atoms with E-state index in [9.17, 15) is 22.8 Å². The van der Waals surface area contributed by atoms with Crippen LogP contribution < -0.4 is 4.90 Å². The van der Waals surface area contributed by atoms with E-state index in [2.05, 4.69) is 4.98 Å². The Balaban J connectivity index is 1.44. The molecule has 0 atom stereocenters. The molecule has 0 unspecified atom stereocenters. The van der Waals surface area contributed by atoms with Gasteiger partial charge in [-0.2, -0.15) is 0 Å². The van der Waals surface area contributed by atoms with Gasteiger partial charge in [0, 0.05) is 45.3 Å². The average Bonchev–Trinajstić information content (AvgIpc) is 3.25. The molecule has 2 fully saturated rings. The minimum Gasteiger partial charge on any atom is -0.345 e. The maximum atomic E-state index is 12.5. The third-order valence-corrected chi connectivity index (χ3v) is 7.33. The predicted molar refractivity (Wildman–Crippen MR) is 107 cm³/mol. The quantitative estimate of drug-likeness (QED) is 0.642. The average molecular weight is 437 g/mol. The van der Waals surface area contributed by atoms with Gasteiger partial charge >= 0.3 is 0 Å². The lowest BCUT2D eigenvalue weighted by molar-refractivity contribution is -0.145. The summed E-state index contributed by atoms with van der Waals surface area (Å²) in [5.41, 5.74) is 0.472. The molecule has 2 aliphatic heterocycles. The number of imide groups is 1. The predicted octanol–water partition coefficient (Wildman–Crippen LogP) is 0.497. The van der Waals surface area contributed by atoms with Crippen LogP contribution in [0.1, 0.15) is 12.8 Å². The number of carbonyl (C=O) groups excluding carboxylic acids is 3. The van der Waals surface area contributed by atoms with Crippen LogP contribution in [0.25, 0.3) is 10.2 Å². The Morgan fingerprint density at radius 2 is 1.76 bits per heavy atom. The summed E-state index contributed by atoms with van der Waals surface area (Å²) >= 11 is 1.42. The molecule has 0 radical (unpaired) electrons. The van der Waals surface area contributed by atoms with Crippen molar-refractivity contribution in [3.63, 3.8) is 0 Å². The number of thiazole rings is 1. The highest BCUT2D eigenvalue weighted by Gasteiger charge is 2.33. The van der Waals surface area contributed by atoms with Crippen molar-refractivity contribution in [1.29, 1.82) is 0 Å². The van der Waals surface area contributed by atoms with E-state index in [1.807, 2.05) is 11.0 Å². The molecule has 0 spiro atoms. The zero-order valence-electron chi connectivity index (χ0n) is 15.8. The van der Waals surface area contributed by atoms with Gasteiger partial charge in [-0.05, 0) is 12.1 Å². The molecule has 2 aliphatic rings. The molecule has 0 N–H and O–H groups in total. The van der Waals surface area contributed by atoms with E-state index in [-0.39, 0.29) is 42.0 Å². The first-order valence-corrected chi connectivity index (χ1v) is 11.9. The number of rotatable bonds is 4. The number of fused-ring (bicyclic) bond motifs is 1. The van der Waals surface area contributed by atoms with Crippen LogP contribution in [0.4, 0.5) is 5.13 Å². The first-order valence-electron chi connectivity index (χ1n) is 9.19. The highest BCUT2D eigenvalue weighted by atomic mass is 32.2. The van der Waals surface area contributed by atoms with E-state index in [1.54, 1.807) is 17.0 Å². The van der Waals surface area contributed by atoms with Gasteiger partial charge in [0.15, 0.2) is 15.0 Å². The first kappa shape index (κ1) is 19.8. The van der Waals surface area contributed by atoms with Gasteiger partial charge in [0.2, 0.25) is 17.7 Å². The Kier molecular flexibility index (Phi) is 5.03. The summed E-state index contributed by atoms with van der Waals surface area (Å²) in [4.78, 5) is 45.3. The van der Waals surface area contributed by atoms with Crippen LogP contribution in [-0.4, -0.2) is 79.9 Å². The maximum Gasteiger partial charge on any atom is 0.242 e. The number of sulfone groups is 1. The third-order valence-electron chi connectivity index (χ3n) is 5.12. The normalized spacial score (nSPS) is 18.2. The topological polar surface area (TPSA) is 108 Å². The van der Waals surface area contributed by atoms with E-state index in [1.165, 1.54) is 17.6 Å². The SMILES string of the molecule is CS(=O)(=O)c1cccc2sc(N3CCN(C(=O)CN4C(=O)CCC4=O)CC3)nc12. The second-order valence-electron chi connectivity index (χ2n) is 7.11. The minimum atomic E-state index is -3.37. The number of benzene rings is 1. The van der Waals surface area contributed by atoms with Crippen molar-refractivity contribution in [2.75, 3.05) is 43.9 Å². The standard InChI is InChI=1S/C18H20N4O5S2/c1-29(26,27)13-4-2-3-12-17(13)19-18(28-12)21-9-7-20(8-10-21)16(25)11-22-14(23)5-6-15(22)24/h2-4H,5-11H2,1H3. The van der Waals surface area contributed by atoms with Crippen molar-refractivity contribution in [3.8, 4) is 0 Å². The number of hydrogen-bond donors (Lipinski definition) is 0. The Labute approximate surface area is 171 Å². The molecule has 0 saturated carbocycles. The Morgan fingerprint density at radius 1 is 1.10 bits per heavy atom. The zero-order chi connectivity index (χ0) is 20.8. The molecule has 11 heteroatoms. The van der Waals surface area contributed by atoms with Crippen molar-refractivity contribution in [3.05, 3.63) is 18.2 Å². The Hall–Kier alpha value is -2.53. The van der Waals surface area contributed by atoms with Crippen LogP contribution in [0.15, 0.2) is 23.1 Å².